The van der Waals surface area contributed by atoms with Crippen LogP contribution < -0.4 is 0 Å². The summed E-state index contributed by atoms with van der Waals surface area (Å²) in [6.07, 6.45) is -0.354. The fraction of sp³-hybridized carbons (Fsp3) is 0.929. The highest BCUT2D eigenvalue weighted by atomic mass is 28.4. The van der Waals surface area contributed by atoms with Crippen molar-refractivity contribution in [3.63, 3.8) is 0 Å². The molecule has 0 aromatic rings. The second-order valence-corrected chi connectivity index (χ2v) is 12.9. The number of hydrogen-bond donors (Lipinski definition) is 0. The van der Waals surface area contributed by atoms with Crippen LogP contribution in [0, 0.1) is 5.92 Å². The fourth-order valence-electron chi connectivity index (χ4n) is 3.31. The van der Waals surface area contributed by atoms with E-state index < -0.39 is 8.32 Å². The minimum Gasteiger partial charge on any atom is -0.437 e. The van der Waals surface area contributed by atoms with Gasteiger partial charge < -0.3 is 9.16 Å². The molecule has 2 atom stereocenters. The van der Waals surface area contributed by atoms with Gasteiger partial charge in [-0.2, -0.15) is 0 Å². The summed E-state index contributed by atoms with van der Waals surface area (Å²) >= 11 is 0. The normalized spacial score (nSPS) is 28.2. The zero-order valence-electron chi connectivity index (χ0n) is 13.1. The summed E-state index contributed by atoms with van der Waals surface area (Å²) in [6.45, 7) is 17.1. The van der Waals surface area contributed by atoms with Crippen molar-refractivity contribution in [1.29, 1.82) is 0 Å². The summed E-state index contributed by atoms with van der Waals surface area (Å²) < 4.78 is 11.7. The van der Waals surface area contributed by atoms with Gasteiger partial charge in [0.1, 0.15) is 0 Å². The van der Waals surface area contributed by atoms with Gasteiger partial charge in [-0.3, -0.25) is 4.79 Å². The molecule has 0 bridgehead atoms. The van der Waals surface area contributed by atoms with Gasteiger partial charge in [0.25, 0.3) is 0 Å². The second-order valence-electron chi connectivity index (χ2n) is 7.60. The van der Waals surface area contributed by atoms with Gasteiger partial charge in [-0.25, -0.2) is 0 Å². The van der Waals surface area contributed by atoms with Gasteiger partial charge in [-0.05, 0) is 16.1 Å². The highest BCUT2D eigenvalue weighted by Crippen LogP contribution is 2.59. The minimum absolute atomic E-state index is 0.133. The van der Waals surface area contributed by atoms with Crippen LogP contribution in [0.25, 0.3) is 0 Å². The maximum absolute atomic E-state index is 11.2. The first-order valence-electron chi connectivity index (χ1n) is 6.76. The summed E-state index contributed by atoms with van der Waals surface area (Å²) in [4.78, 5) is 11.2. The molecule has 1 fully saturated rings. The van der Waals surface area contributed by atoms with Crippen molar-refractivity contribution in [2.45, 2.75) is 77.8 Å². The molecule has 0 saturated carbocycles. The molecule has 1 saturated heterocycles. The van der Waals surface area contributed by atoms with Gasteiger partial charge in [0.05, 0.1) is 0 Å². The molecule has 0 aliphatic carbocycles. The molecule has 1 unspecified atom stereocenters. The first-order chi connectivity index (χ1) is 7.91. The predicted octanol–water partition coefficient (Wildman–Crippen LogP) is 4.09. The molecule has 1 heterocycles. The van der Waals surface area contributed by atoms with Crippen LogP contribution in [0.2, 0.25) is 16.1 Å². The number of carbonyl (C=O) groups is 1. The van der Waals surface area contributed by atoms with Crippen LogP contribution in [0.5, 0.6) is 0 Å². The standard InChI is InChI=1S/C14H28O3Si/c1-10-9-18(13(3,4)5,14(6,7)8)17-12(10)16-11(2)15/h10,12H,9H2,1-8H3/t10-,12?/m0/s1. The molecule has 0 aromatic carbocycles. The van der Waals surface area contributed by atoms with Crippen LogP contribution in [0.3, 0.4) is 0 Å². The summed E-state index contributed by atoms with van der Waals surface area (Å²) in [7, 11) is -2.01. The Morgan fingerprint density at radius 3 is 1.89 bits per heavy atom. The van der Waals surface area contributed by atoms with Crippen LogP contribution in [0.1, 0.15) is 55.4 Å². The average Bonchev–Trinajstić information content (AvgIpc) is 2.41. The first-order valence-corrected chi connectivity index (χ1v) is 8.87. The lowest BCUT2D eigenvalue weighted by Gasteiger charge is -2.48. The monoisotopic (exact) mass is 272 g/mol. The van der Waals surface area contributed by atoms with E-state index in [1.165, 1.54) is 6.92 Å². The van der Waals surface area contributed by atoms with Crippen LogP contribution in [0.15, 0.2) is 0 Å². The maximum Gasteiger partial charge on any atom is 0.304 e. The van der Waals surface area contributed by atoms with E-state index in [0.29, 0.717) is 5.92 Å². The zero-order valence-corrected chi connectivity index (χ0v) is 14.1. The molecule has 1 rings (SSSR count). The molecule has 0 N–H and O–H groups in total. The molecule has 0 amide bonds. The first kappa shape index (κ1) is 15.7. The Balaban J connectivity index is 3.08. The van der Waals surface area contributed by atoms with Crippen molar-refractivity contribution < 1.29 is 14.0 Å². The Morgan fingerprint density at radius 1 is 1.17 bits per heavy atom. The van der Waals surface area contributed by atoms with E-state index >= 15 is 0 Å². The molecule has 0 aromatic heterocycles. The Bertz CT molecular complexity index is 311. The molecular weight excluding hydrogens is 244 g/mol. The molecule has 106 valence electrons. The van der Waals surface area contributed by atoms with Gasteiger partial charge in [-0.15, -0.1) is 0 Å². The van der Waals surface area contributed by atoms with Crippen molar-refractivity contribution >= 4 is 14.3 Å². The number of rotatable bonds is 1. The van der Waals surface area contributed by atoms with E-state index in [-0.39, 0.29) is 22.3 Å². The third-order valence-electron chi connectivity index (χ3n) is 4.10. The highest BCUT2D eigenvalue weighted by Gasteiger charge is 2.61. The lowest BCUT2D eigenvalue weighted by Crippen LogP contribution is -2.52. The third kappa shape index (κ3) is 2.64. The molecule has 4 heteroatoms. The molecule has 0 radical (unpaired) electrons. The van der Waals surface area contributed by atoms with E-state index in [0.717, 1.165) is 6.04 Å². The van der Waals surface area contributed by atoms with Gasteiger partial charge in [0.2, 0.25) is 8.32 Å². The van der Waals surface area contributed by atoms with Crippen molar-refractivity contribution in [3.8, 4) is 0 Å². The third-order valence-corrected chi connectivity index (χ3v) is 10.8. The van der Waals surface area contributed by atoms with Gasteiger partial charge in [-0.1, -0.05) is 48.5 Å². The van der Waals surface area contributed by atoms with Crippen molar-refractivity contribution in [1.82, 2.24) is 0 Å². The molecular formula is C14H28O3Si. The van der Waals surface area contributed by atoms with Crippen LogP contribution >= 0.6 is 0 Å². The van der Waals surface area contributed by atoms with Crippen LogP contribution in [-0.4, -0.2) is 20.6 Å². The Labute approximate surface area is 112 Å². The zero-order chi connectivity index (χ0) is 14.4. The fourth-order valence-corrected chi connectivity index (χ4v) is 9.36. The second kappa shape index (κ2) is 4.64. The lowest BCUT2D eigenvalue weighted by molar-refractivity contribution is -0.164. The Hall–Kier alpha value is -0.353. The van der Waals surface area contributed by atoms with Gasteiger partial charge in [0, 0.05) is 12.8 Å². The number of hydrogen-bond acceptors (Lipinski definition) is 3. The largest absolute Gasteiger partial charge is 0.437 e. The summed E-state index contributed by atoms with van der Waals surface area (Å²) in [5.74, 6) is 0.0403. The van der Waals surface area contributed by atoms with Crippen molar-refractivity contribution in [3.05, 3.63) is 0 Å². The molecule has 18 heavy (non-hydrogen) atoms. The average molecular weight is 272 g/mol. The van der Waals surface area contributed by atoms with Crippen LogP contribution in [0.4, 0.5) is 0 Å². The molecule has 1 aliphatic rings. The summed E-state index contributed by atoms with van der Waals surface area (Å²) in [5, 5.41) is 0.267. The quantitative estimate of drug-likeness (QED) is 0.533. The molecule has 3 nitrogen and oxygen atoms in total. The Morgan fingerprint density at radius 2 is 1.61 bits per heavy atom. The summed E-state index contributed by atoms with van der Waals surface area (Å²) in [5.41, 5.74) is 0. The topological polar surface area (TPSA) is 35.5 Å². The molecule has 1 aliphatic heterocycles. The Kier molecular flexibility index (Phi) is 4.05. The van der Waals surface area contributed by atoms with Crippen molar-refractivity contribution in [2.75, 3.05) is 0 Å². The maximum atomic E-state index is 11.2. The molecule has 0 spiro atoms. The van der Waals surface area contributed by atoms with E-state index in [2.05, 4.69) is 48.5 Å². The number of ether oxygens (including phenoxy) is 1. The number of esters is 1. The van der Waals surface area contributed by atoms with Gasteiger partial charge in [0.15, 0.2) is 6.29 Å². The smallest absolute Gasteiger partial charge is 0.304 e. The van der Waals surface area contributed by atoms with E-state index in [1.54, 1.807) is 0 Å². The summed E-state index contributed by atoms with van der Waals surface area (Å²) in [6, 6.07) is 1.05. The van der Waals surface area contributed by atoms with E-state index in [1.807, 2.05) is 0 Å². The SMILES string of the molecule is CC(=O)OC1O[Si](C(C)(C)C)(C(C)(C)C)C[C@@H]1C. The highest BCUT2D eigenvalue weighted by molar-refractivity contribution is 6.80. The minimum atomic E-state index is -2.01. The van der Waals surface area contributed by atoms with Gasteiger partial charge >= 0.3 is 5.97 Å². The van der Waals surface area contributed by atoms with Crippen molar-refractivity contribution in [2.24, 2.45) is 5.92 Å². The van der Waals surface area contributed by atoms with E-state index in [9.17, 15) is 4.79 Å². The lowest BCUT2D eigenvalue weighted by atomic mass is 10.2. The van der Waals surface area contributed by atoms with E-state index in [4.69, 9.17) is 9.16 Å². The number of carbonyl (C=O) groups excluding carboxylic acids is 1. The van der Waals surface area contributed by atoms with Crippen LogP contribution in [-0.2, 0) is 14.0 Å². The predicted molar refractivity (Wildman–Crippen MR) is 75.8 cm³/mol.